The molecule has 1 aromatic carbocycles. The average molecular weight is 228 g/mol. The number of ketones is 1. The van der Waals surface area contributed by atoms with E-state index in [2.05, 4.69) is 32.9 Å². The lowest BCUT2D eigenvalue weighted by Gasteiger charge is -2.23. The van der Waals surface area contributed by atoms with Crippen LogP contribution in [0.1, 0.15) is 33.3 Å². The minimum atomic E-state index is 0.0580. The van der Waals surface area contributed by atoms with E-state index in [-0.39, 0.29) is 11.2 Å². The number of benzene rings is 1. The standard InChI is InChI=1S/C16H20O/c1-13(17)9-8-12-15(16(2,3)4)14-10-6-5-7-11-14/h5-12H,1-4H3/b9-8+,15-12-. The van der Waals surface area contributed by atoms with Crippen molar-refractivity contribution < 1.29 is 4.79 Å². The first kappa shape index (κ1) is 13.4. The second kappa shape index (κ2) is 5.62. The zero-order valence-electron chi connectivity index (χ0n) is 11.0. The fourth-order valence-corrected chi connectivity index (χ4v) is 1.68. The van der Waals surface area contributed by atoms with Crippen LogP contribution in [-0.4, -0.2) is 5.78 Å². The van der Waals surface area contributed by atoms with Gasteiger partial charge in [-0.25, -0.2) is 0 Å². The Balaban J connectivity index is 3.10. The highest BCUT2D eigenvalue weighted by atomic mass is 16.1. The summed E-state index contributed by atoms with van der Waals surface area (Å²) in [6.45, 7) is 8.08. The van der Waals surface area contributed by atoms with Gasteiger partial charge in [0.2, 0.25) is 0 Å². The van der Waals surface area contributed by atoms with Crippen LogP contribution in [0.5, 0.6) is 0 Å². The Morgan fingerprint density at radius 3 is 2.18 bits per heavy atom. The molecule has 90 valence electrons. The van der Waals surface area contributed by atoms with E-state index in [1.165, 1.54) is 11.1 Å². The molecule has 0 radical (unpaired) electrons. The van der Waals surface area contributed by atoms with Crippen LogP contribution < -0.4 is 0 Å². The molecule has 0 atom stereocenters. The zero-order valence-corrected chi connectivity index (χ0v) is 11.0. The predicted octanol–water partition coefficient (Wildman–Crippen LogP) is 4.26. The van der Waals surface area contributed by atoms with E-state index in [0.29, 0.717) is 0 Å². The molecule has 0 N–H and O–H groups in total. The van der Waals surface area contributed by atoms with Crippen molar-refractivity contribution in [2.24, 2.45) is 5.41 Å². The lowest BCUT2D eigenvalue weighted by molar-refractivity contribution is -0.112. The molecule has 0 heterocycles. The summed E-state index contributed by atoms with van der Waals surface area (Å²) in [7, 11) is 0. The van der Waals surface area contributed by atoms with E-state index in [1.807, 2.05) is 30.4 Å². The molecule has 1 rings (SSSR count). The van der Waals surface area contributed by atoms with Crippen LogP contribution in [0.15, 0.2) is 48.6 Å². The second-order valence-corrected chi connectivity index (χ2v) is 5.17. The average Bonchev–Trinajstić information content (AvgIpc) is 2.23. The van der Waals surface area contributed by atoms with Gasteiger partial charge in [-0.2, -0.15) is 0 Å². The van der Waals surface area contributed by atoms with Crippen LogP contribution in [0.3, 0.4) is 0 Å². The van der Waals surface area contributed by atoms with Gasteiger partial charge in [-0.1, -0.05) is 63.3 Å². The summed E-state index contributed by atoms with van der Waals surface area (Å²) in [4.78, 5) is 10.9. The van der Waals surface area contributed by atoms with E-state index in [4.69, 9.17) is 0 Å². The number of carbonyl (C=O) groups excluding carboxylic acids is 1. The molecular weight excluding hydrogens is 208 g/mol. The van der Waals surface area contributed by atoms with Gasteiger partial charge in [0.05, 0.1) is 0 Å². The summed E-state index contributed by atoms with van der Waals surface area (Å²) in [5.41, 5.74) is 2.49. The Morgan fingerprint density at radius 2 is 1.71 bits per heavy atom. The monoisotopic (exact) mass is 228 g/mol. The largest absolute Gasteiger partial charge is 0.295 e. The highest BCUT2D eigenvalue weighted by Crippen LogP contribution is 2.33. The third kappa shape index (κ3) is 4.39. The van der Waals surface area contributed by atoms with Gasteiger partial charge in [0.15, 0.2) is 5.78 Å². The lowest BCUT2D eigenvalue weighted by Crippen LogP contribution is -2.08. The molecule has 0 aliphatic carbocycles. The minimum Gasteiger partial charge on any atom is -0.295 e. The Labute approximate surface area is 104 Å². The fourth-order valence-electron chi connectivity index (χ4n) is 1.68. The first-order chi connectivity index (χ1) is 7.91. The smallest absolute Gasteiger partial charge is 0.152 e. The Bertz CT molecular complexity index is 430. The van der Waals surface area contributed by atoms with Gasteiger partial charge in [-0.05, 0) is 29.6 Å². The van der Waals surface area contributed by atoms with Crippen molar-refractivity contribution in [1.29, 1.82) is 0 Å². The van der Waals surface area contributed by atoms with Crippen LogP contribution in [-0.2, 0) is 4.79 Å². The summed E-state index contributed by atoms with van der Waals surface area (Å²) >= 11 is 0. The lowest BCUT2D eigenvalue weighted by atomic mass is 9.82. The van der Waals surface area contributed by atoms with Crippen molar-refractivity contribution in [3.63, 3.8) is 0 Å². The SMILES string of the molecule is CC(=O)/C=C/C=C(/c1ccccc1)C(C)(C)C. The third-order valence-corrected chi connectivity index (χ3v) is 2.49. The van der Waals surface area contributed by atoms with Gasteiger partial charge in [-0.3, -0.25) is 4.79 Å². The maximum absolute atomic E-state index is 10.9. The van der Waals surface area contributed by atoms with Gasteiger partial charge in [0, 0.05) is 0 Å². The number of carbonyl (C=O) groups is 1. The normalized spacial score (nSPS) is 13.1. The molecule has 0 saturated carbocycles. The van der Waals surface area contributed by atoms with Crippen molar-refractivity contribution in [3.05, 3.63) is 54.1 Å². The molecule has 0 bridgehead atoms. The highest BCUT2D eigenvalue weighted by molar-refractivity contribution is 5.88. The molecular formula is C16H20O. The molecule has 0 aliphatic rings. The molecule has 0 spiro atoms. The first-order valence-electron chi connectivity index (χ1n) is 5.86. The van der Waals surface area contributed by atoms with Crippen molar-refractivity contribution >= 4 is 11.4 Å². The summed E-state index contributed by atoms with van der Waals surface area (Å²) in [5, 5.41) is 0. The molecule has 0 fully saturated rings. The van der Waals surface area contributed by atoms with E-state index >= 15 is 0 Å². The first-order valence-corrected chi connectivity index (χ1v) is 5.86. The Morgan fingerprint density at radius 1 is 1.12 bits per heavy atom. The minimum absolute atomic E-state index is 0.0580. The molecule has 0 amide bonds. The Kier molecular flexibility index (Phi) is 4.45. The third-order valence-electron chi connectivity index (χ3n) is 2.49. The van der Waals surface area contributed by atoms with E-state index in [9.17, 15) is 4.79 Å². The summed E-state index contributed by atoms with van der Waals surface area (Å²) in [6, 6.07) is 10.3. The number of hydrogen-bond acceptors (Lipinski definition) is 1. The van der Waals surface area contributed by atoms with Crippen molar-refractivity contribution in [1.82, 2.24) is 0 Å². The summed E-state index contributed by atoms with van der Waals surface area (Å²) < 4.78 is 0. The van der Waals surface area contributed by atoms with Gasteiger partial charge in [0.1, 0.15) is 0 Å². The number of rotatable bonds is 3. The van der Waals surface area contributed by atoms with E-state index in [0.717, 1.165) is 0 Å². The zero-order chi connectivity index (χ0) is 12.9. The molecule has 0 aliphatic heterocycles. The maximum Gasteiger partial charge on any atom is 0.152 e. The van der Waals surface area contributed by atoms with Gasteiger partial charge in [-0.15, -0.1) is 0 Å². The summed E-state index contributed by atoms with van der Waals surface area (Å²) in [5.74, 6) is 0.0718. The van der Waals surface area contributed by atoms with E-state index in [1.54, 1.807) is 13.0 Å². The predicted molar refractivity (Wildman–Crippen MR) is 73.7 cm³/mol. The molecule has 0 saturated heterocycles. The number of hydrogen-bond donors (Lipinski definition) is 0. The van der Waals surface area contributed by atoms with Crippen LogP contribution >= 0.6 is 0 Å². The highest BCUT2D eigenvalue weighted by Gasteiger charge is 2.17. The topological polar surface area (TPSA) is 17.1 Å². The van der Waals surface area contributed by atoms with Gasteiger partial charge in [0.25, 0.3) is 0 Å². The van der Waals surface area contributed by atoms with Crippen molar-refractivity contribution in [2.75, 3.05) is 0 Å². The molecule has 17 heavy (non-hydrogen) atoms. The van der Waals surface area contributed by atoms with Gasteiger partial charge < -0.3 is 0 Å². The summed E-state index contributed by atoms with van der Waals surface area (Å²) in [6.07, 6.45) is 5.45. The molecule has 1 aromatic rings. The van der Waals surface area contributed by atoms with Crippen molar-refractivity contribution in [2.45, 2.75) is 27.7 Å². The van der Waals surface area contributed by atoms with Crippen LogP contribution in [0.25, 0.3) is 5.57 Å². The fraction of sp³-hybridized carbons (Fsp3) is 0.312. The van der Waals surface area contributed by atoms with Crippen LogP contribution in [0.2, 0.25) is 0 Å². The van der Waals surface area contributed by atoms with E-state index < -0.39 is 0 Å². The molecule has 1 nitrogen and oxygen atoms in total. The van der Waals surface area contributed by atoms with Crippen LogP contribution in [0.4, 0.5) is 0 Å². The quantitative estimate of drug-likeness (QED) is 0.558. The molecule has 1 heteroatoms. The molecule has 0 unspecified atom stereocenters. The van der Waals surface area contributed by atoms with Gasteiger partial charge >= 0.3 is 0 Å². The van der Waals surface area contributed by atoms with Crippen LogP contribution in [0, 0.1) is 5.41 Å². The Hall–Kier alpha value is -1.63. The molecule has 0 aromatic heterocycles. The maximum atomic E-state index is 10.9. The second-order valence-electron chi connectivity index (χ2n) is 5.17. The number of allylic oxidation sites excluding steroid dienone is 4. The van der Waals surface area contributed by atoms with Crippen molar-refractivity contribution in [3.8, 4) is 0 Å².